The van der Waals surface area contributed by atoms with Gasteiger partial charge in [-0.3, -0.25) is 4.79 Å². The second kappa shape index (κ2) is 8.69. The lowest BCUT2D eigenvalue weighted by atomic mass is 9.79. The van der Waals surface area contributed by atoms with E-state index in [9.17, 15) is 15.0 Å². The van der Waals surface area contributed by atoms with E-state index in [0.717, 1.165) is 38.2 Å². The summed E-state index contributed by atoms with van der Waals surface area (Å²) in [5, 5.41) is 24.2. The average molecular weight is 432 g/mol. The molecule has 6 nitrogen and oxygen atoms in total. The van der Waals surface area contributed by atoms with Crippen molar-refractivity contribution in [2.24, 2.45) is 11.8 Å². The molecule has 2 aliphatic rings. The Labute approximate surface area is 182 Å². The van der Waals surface area contributed by atoms with E-state index in [2.05, 4.69) is 17.1 Å². The van der Waals surface area contributed by atoms with E-state index in [1.54, 1.807) is 6.07 Å². The molecule has 3 N–H and O–H groups in total. The van der Waals surface area contributed by atoms with Gasteiger partial charge in [-0.2, -0.15) is 0 Å². The normalized spacial score (nSPS) is 26.9. The van der Waals surface area contributed by atoms with Crippen LogP contribution in [0.4, 0.5) is 5.82 Å². The van der Waals surface area contributed by atoms with Crippen molar-refractivity contribution >= 4 is 34.2 Å². The molecule has 0 spiro atoms. The molecule has 1 saturated carbocycles. The molecule has 1 amide bonds. The highest BCUT2D eigenvalue weighted by Crippen LogP contribution is 2.32. The Kier molecular flexibility index (Phi) is 6.19. The monoisotopic (exact) mass is 431 g/mol. The predicted molar refractivity (Wildman–Crippen MR) is 119 cm³/mol. The van der Waals surface area contributed by atoms with Crippen LogP contribution in [0.25, 0.3) is 10.9 Å². The number of aliphatic hydroxyl groups is 2. The largest absolute Gasteiger partial charge is 0.396 e. The standard InChI is InChI=1S/C23H30ClN3O3/c1-15-3-2-9-23(30,11-15)14-25-22(29)21-17-4-7-20(26-19(17)6-5-18(21)24)27-10-8-16(12-27)13-28/h4-7,15-16,28,30H,2-3,8-14H2,1H3,(H,25,29)/t15-,16?,23-/m1/s1. The van der Waals surface area contributed by atoms with Gasteiger partial charge in [-0.15, -0.1) is 0 Å². The van der Waals surface area contributed by atoms with Crippen molar-refractivity contribution in [3.05, 3.63) is 34.9 Å². The Morgan fingerprint density at radius 1 is 1.33 bits per heavy atom. The van der Waals surface area contributed by atoms with Gasteiger partial charge >= 0.3 is 0 Å². The summed E-state index contributed by atoms with van der Waals surface area (Å²) in [5.74, 6) is 1.30. The Hall–Kier alpha value is -1.89. The Morgan fingerprint density at radius 3 is 2.90 bits per heavy atom. The van der Waals surface area contributed by atoms with Crippen molar-refractivity contribution in [1.82, 2.24) is 10.3 Å². The number of amides is 1. The van der Waals surface area contributed by atoms with Crippen LogP contribution >= 0.6 is 11.6 Å². The van der Waals surface area contributed by atoms with Gasteiger partial charge in [-0.1, -0.05) is 31.4 Å². The molecule has 2 aromatic rings. The molecule has 1 aromatic heterocycles. The zero-order valence-corrected chi connectivity index (χ0v) is 18.2. The maximum Gasteiger partial charge on any atom is 0.253 e. The van der Waals surface area contributed by atoms with Gasteiger partial charge in [0.25, 0.3) is 5.91 Å². The summed E-state index contributed by atoms with van der Waals surface area (Å²) in [6, 6.07) is 7.33. The van der Waals surface area contributed by atoms with Crippen molar-refractivity contribution in [2.75, 3.05) is 31.1 Å². The first-order chi connectivity index (χ1) is 14.4. The number of hydrogen-bond acceptors (Lipinski definition) is 5. The lowest BCUT2D eigenvalue weighted by Crippen LogP contribution is -2.45. The second-order valence-electron chi connectivity index (χ2n) is 9.05. The zero-order chi connectivity index (χ0) is 21.3. The number of carbonyl (C=O) groups is 1. The fourth-order valence-electron chi connectivity index (χ4n) is 4.89. The number of hydrogen-bond donors (Lipinski definition) is 3. The summed E-state index contributed by atoms with van der Waals surface area (Å²) in [6.45, 7) is 4.20. The number of halogens is 1. The number of pyridine rings is 1. The van der Waals surface area contributed by atoms with E-state index in [-0.39, 0.29) is 25.0 Å². The van der Waals surface area contributed by atoms with Crippen molar-refractivity contribution in [1.29, 1.82) is 0 Å². The minimum atomic E-state index is -0.852. The summed E-state index contributed by atoms with van der Waals surface area (Å²) >= 11 is 6.39. The first kappa shape index (κ1) is 21.3. The van der Waals surface area contributed by atoms with E-state index in [0.29, 0.717) is 40.2 Å². The summed E-state index contributed by atoms with van der Waals surface area (Å²) in [6.07, 6.45) is 4.45. The number of aromatic nitrogens is 1. The molecule has 0 radical (unpaired) electrons. The molecule has 4 rings (SSSR count). The summed E-state index contributed by atoms with van der Waals surface area (Å²) < 4.78 is 0. The fraction of sp³-hybridized carbons (Fsp3) is 0.565. The molecule has 0 bridgehead atoms. The maximum atomic E-state index is 13.0. The first-order valence-corrected chi connectivity index (χ1v) is 11.2. The number of nitrogens with zero attached hydrogens (tertiary/aromatic N) is 2. The summed E-state index contributed by atoms with van der Waals surface area (Å²) in [4.78, 5) is 19.9. The molecule has 1 aromatic carbocycles. The van der Waals surface area contributed by atoms with Crippen LogP contribution in [0.1, 0.15) is 49.4 Å². The highest BCUT2D eigenvalue weighted by Gasteiger charge is 2.33. The molecule has 1 aliphatic carbocycles. The number of rotatable bonds is 5. The summed E-state index contributed by atoms with van der Waals surface area (Å²) in [5.41, 5.74) is 0.254. The van der Waals surface area contributed by atoms with Gasteiger partial charge in [0, 0.05) is 37.5 Å². The van der Waals surface area contributed by atoms with Gasteiger partial charge in [0.2, 0.25) is 0 Å². The van der Waals surface area contributed by atoms with Gasteiger partial charge in [-0.05, 0) is 49.4 Å². The van der Waals surface area contributed by atoms with Crippen LogP contribution in [0, 0.1) is 11.8 Å². The van der Waals surface area contributed by atoms with Gasteiger partial charge < -0.3 is 20.4 Å². The van der Waals surface area contributed by atoms with Crippen molar-refractivity contribution in [3.63, 3.8) is 0 Å². The number of nitrogens with one attached hydrogen (secondary N) is 1. The van der Waals surface area contributed by atoms with E-state index in [1.807, 2.05) is 18.2 Å². The molecule has 7 heteroatoms. The van der Waals surface area contributed by atoms with E-state index >= 15 is 0 Å². The highest BCUT2D eigenvalue weighted by atomic mass is 35.5. The van der Waals surface area contributed by atoms with Crippen molar-refractivity contribution in [3.8, 4) is 0 Å². The van der Waals surface area contributed by atoms with Crippen LogP contribution in [-0.2, 0) is 0 Å². The molecule has 3 atom stereocenters. The van der Waals surface area contributed by atoms with Crippen LogP contribution in [-0.4, -0.2) is 52.9 Å². The van der Waals surface area contributed by atoms with E-state index in [4.69, 9.17) is 16.6 Å². The molecular weight excluding hydrogens is 402 g/mol. The number of carbonyl (C=O) groups excluding carboxylic acids is 1. The number of aliphatic hydroxyl groups excluding tert-OH is 1. The zero-order valence-electron chi connectivity index (χ0n) is 17.4. The Morgan fingerprint density at radius 2 is 2.17 bits per heavy atom. The Bertz CT molecular complexity index is 937. The summed E-state index contributed by atoms with van der Waals surface area (Å²) in [7, 11) is 0. The van der Waals surface area contributed by atoms with Gasteiger partial charge in [0.15, 0.2) is 0 Å². The lowest BCUT2D eigenvalue weighted by Gasteiger charge is -2.35. The highest BCUT2D eigenvalue weighted by molar-refractivity contribution is 6.35. The van der Waals surface area contributed by atoms with Crippen LogP contribution in [0.5, 0.6) is 0 Å². The van der Waals surface area contributed by atoms with Crippen LogP contribution < -0.4 is 10.2 Å². The van der Waals surface area contributed by atoms with Gasteiger partial charge in [-0.25, -0.2) is 4.98 Å². The Balaban J connectivity index is 1.54. The molecule has 1 aliphatic heterocycles. The molecule has 1 unspecified atom stereocenters. The van der Waals surface area contributed by atoms with Crippen LogP contribution in [0.2, 0.25) is 5.02 Å². The predicted octanol–water partition coefficient (Wildman–Crippen LogP) is 3.38. The van der Waals surface area contributed by atoms with Crippen LogP contribution in [0.3, 0.4) is 0 Å². The third kappa shape index (κ3) is 4.41. The van der Waals surface area contributed by atoms with Gasteiger partial charge in [0.05, 0.1) is 21.7 Å². The van der Waals surface area contributed by atoms with Crippen molar-refractivity contribution < 1.29 is 15.0 Å². The quantitative estimate of drug-likeness (QED) is 0.675. The first-order valence-electron chi connectivity index (χ1n) is 10.8. The SMILES string of the molecule is C[C@@H]1CCC[C@](O)(CNC(=O)c2c(Cl)ccc3nc(N4CCC(CO)C4)ccc23)C1. The van der Waals surface area contributed by atoms with Gasteiger partial charge in [0.1, 0.15) is 5.82 Å². The number of fused-ring (bicyclic) bond motifs is 1. The number of benzene rings is 1. The molecule has 1 saturated heterocycles. The minimum absolute atomic E-state index is 0.190. The average Bonchev–Trinajstić information content (AvgIpc) is 3.21. The molecular formula is C23H30ClN3O3. The number of anilines is 1. The third-order valence-electron chi connectivity index (χ3n) is 6.55. The van der Waals surface area contributed by atoms with E-state index < -0.39 is 5.60 Å². The van der Waals surface area contributed by atoms with Crippen LogP contribution in [0.15, 0.2) is 24.3 Å². The second-order valence-corrected chi connectivity index (χ2v) is 9.46. The molecule has 162 valence electrons. The lowest BCUT2D eigenvalue weighted by molar-refractivity contribution is -0.0109. The molecule has 30 heavy (non-hydrogen) atoms. The minimum Gasteiger partial charge on any atom is -0.396 e. The molecule has 2 fully saturated rings. The third-order valence-corrected chi connectivity index (χ3v) is 6.86. The van der Waals surface area contributed by atoms with E-state index in [1.165, 1.54) is 0 Å². The topological polar surface area (TPSA) is 85.7 Å². The smallest absolute Gasteiger partial charge is 0.253 e. The molecule has 2 heterocycles. The fourth-order valence-corrected chi connectivity index (χ4v) is 5.14. The van der Waals surface area contributed by atoms with Crippen molar-refractivity contribution in [2.45, 2.75) is 44.6 Å². The maximum absolute atomic E-state index is 13.0.